The van der Waals surface area contributed by atoms with E-state index in [0.29, 0.717) is 6.42 Å². The molecule has 13 heavy (non-hydrogen) atoms. The Morgan fingerprint density at radius 2 is 2.08 bits per heavy atom. The van der Waals surface area contributed by atoms with Crippen LogP contribution in [0.5, 0.6) is 0 Å². The van der Waals surface area contributed by atoms with E-state index in [4.69, 9.17) is 0 Å². The molecule has 0 aromatic heterocycles. The first-order valence-corrected chi connectivity index (χ1v) is 5.66. The SMILES string of the molecule is CCCS(=O)(=O)N[C@@H](C)C(=O)OC. The molecule has 1 atom stereocenters. The van der Waals surface area contributed by atoms with Crippen molar-refractivity contribution in [2.75, 3.05) is 12.9 Å². The predicted molar refractivity (Wildman–Crippen MR) is 48.7 cm³/mol. The van der Waals surface area contributed by atoms with E-state index in [1.807, 2.05) is 0 Å². The van der Waals surface area contributed by atoms with Crippen LogP contribution in [0.25, 0.3) is 0 Å². The zero-order valence-electron chi connectivity index (χ0n) is 8.03. The zero-order valence-corrected chi connectivity index (χ0v) is 8.85. The molecule has 0 aliphatic rings. The average molecular weight is 209 g/mol. The van der Waals surface area contributed by atoms with Crippen molar-refractivity contribution >= 4 is 16.0 Å². The van der Waals surface area contributed by atoms with Crippen molar-refractivity contribution in [3.63, 3.8) is 0 Å². The molecule has 1 N–H and O–H groups in total. The summed E-state index contributed by atoms with van der Waals surface area (Å²) in [5, 5.41) is 0. The van der Waals surface area contributed by atoms with Gasteiger partial charge in [0.1, 0.15) is 6.04 Å². The third kappa shape index (κ3) is 4.84. The van der Waals surface area contributed by atoms with E-state index in [-0.39, 0.29) is 5.75 Å². The maximum Gasteiger partial charge on any atom is 0.323 e. The highest BCUT2D eigenvalue weighted by molar-refractivity contribution is 7.89. The quantitative estimate of drug-likeness (QED) is 0.640. The van der Waals surface area contributed by atoms with E-state index in [1.54, 1.807) is 6.92 Å². The Hall–Kier alpha value is -0.620. The van der Waals surface area contributed by atoms with Gasteiger partial charge in [-0.3, -0.25) is 4.79 Å². The van der Waals surface area contributed by atoms with Crippen LogP contribution in [0, 0.1) is 0 Å². The molecule has 0 fully saturated rings. The van der Waals surface area contributed by atoms with Crippen LogP contribution in [0.3, 0.4) is 0 Å². The Kier molecular flexibility index (Phi) is 4.94. The Labute approximate surface area is 78.5 Å². The molecular formula is C7H15NO4S. The number of sulfonamides is 1. The molecule has 0 aliphatic heterocycles. The predicted octanol–water partition coefficient (Wildman–Crippen LogP) is -0.123. The fraction of sp³-hybridized carbons (Fsp3) is 0.857. The van der Waals surface area contributed by atoms with E-state index in [0.717, 1.165) is 0 Å². The standard InChI is InChI=1S/C7H15NO4S/c1-4-5-13(10,11)8-6(2)7(9)12-3/h6,8H,4-5H2,1-3H3/t6-/m0/s1. The van der Waals surface area contributed by atoms with Gasteiger partial charge in [-0.1, -0.05) is 6.92 Å². The third-order valence-corrected chi connectivity index (χ3v) is 3.04. The maximum atomic E-state index is 11.1. The normalized spacial score (nSPS) is 13.8. The van der Waals surface area contributed by atoms with Crippen molar-refractivity contribution in [1.29, 1.82) is 0 Å². The van der Waals surface area contributed by atoms with E-state index in [2.05, 4.69) is 9.46 Å². The first-order valence-electron chi connectivity index (χ1n) is 4.00. The molecule has 0 radical (unpaired) electrons. The summed E-state index contributed by atoms with van der Waals surface area (Å²) in [5.74, 6) is -0.561. The van der Waals surface area contributed by atoms with E-state index < -0.39 is 22.0 Å². The van der Waals surface area contributed by atoms with Gasteiger partial charge in [0.05, 0.1) is 12.9 Å². The lowest BCUT2D eigenvalue weighted by Crippen LogP contribution is -2.40. The van der Waals surface area contributed by atoms with Crippen molar-refractivity contribution in [1.82, 2.24) is 4.72 Å². The zero-order chi connectivity index (χ0) is 10.5. The van der Waals surface area contributed by atoms with Crippen LogP contribution in [-0.2, 0) is 19.6 Å². The van der Waals surface area contributed by atoms with Gasteiger partial charge in [-0.05, 0) is 13.3 Å². The number of ether oxygens (including phenoxy) is 1. The second-order valence-electron chi connectivity index (χ2n) is 2.68. The summed E-state index contributed by atoms with van der Waals surface area (Å²) < 4.78 is 28.9. The first-order chi connectivity index (χ1) is 5.93. The Morgan fingerprint density at radius 3 is 2.46 bits per heavy atom. The van der Waals surface area contributed by atoms with Crippen LogP contribution in [0.2, 0.25) is 0 Å². The number of nitrogens with one attached hydrogen (secondary N) is 1. The minimum absolute atomic E-state index is 0.0222. The lowest BCUT2D eigenvalue weighted by Gasteiger charge is -2.10. The van der Waals surface area contributed by atoms with Crippen LogP contribution in [-0.4, -0.2) is 33.3 Å². The van der Waals surface area contributed by atoms with Crippen LogP contribution in [0.15, 0.2) is 0 Å². The van der Waals surface area contributed by atoms with E-state index >= 15 is 0 Å². The van der Waals surface area contributed by atoms with E-state index in [1.165, 1.54) is 14.0 Å². The molecule has 0 unspecified atom stereocenters. The molecule has 0 aromatic carbocycles. The Morgan fingerprint density at radius 1 is 1.54 bits per heavy atom. The number of carbonyl (C=O) groups excluding carboxylic acids is 1. The molecule has 0 aromatic rings. The van der Waals surface area contributed by atoms with Gasteiger partial charge in [0.15, 0.2) is 0 Å². The van der Waals surface area contributed by atoms with Gasteiger partial charge in [0, 0.05) is 0 Å². The molecule has 0 saturated heterocycles. The number of rotatable bonds is 5. The fourth-order valence-electron chi connectivity index (χ4n) is 0.822. The maximum absolute atomic E-state index is 11.1. The molecule has 5 nitrogen and oxygen atoms in total. The van der Waals surface area contributed by atoms with Crippen LogP contribution >= 0.6 is 0 Å². The number of hydrogen-bond acceptors (Lipinski definition) is 4. The molecule has 0 heterocycles. The van der Waals surface area contributed by atoms with Crippen LogP contribution in [0.1, 0.15) is 20.3 Å². The van der Waals surface area contributed by atoms with Crippen LogP contribution < -0.4 is 4.72 Å². The van der Waals surface area contributed by atoms with Gasteiger partial charge in [0.25, 0.3) is 0 Å². The van der Waals surface area contributed by atoms with Crippen molar-refractivity contribution < 1.29 is 17.9 Å². The highest BCUT2D eigenvalue weighted by atomic mass is 32.2. The Balaban J connectivity index is 4.20. The molecule has 0 rings (SSSR count). The van der Waals surface area contributed by atoms with Gasteiger partial charge in [-0.15, -0.1) is 0 Å². The second kappa shape index (κ2) is 5.18. The lowest BCUT2D eigenvalue weighted by molar-refractivity contribution is -0.142. The minimum atomic E-state index is -3.34. The van der Waals surface area contributed by atoms with Crippen molar-refractivity contribution in [2.24, 2.45) is 0 Å². The monoisotopic (exact) mass is 209 g/mol. The summed E-state index contributed by atoms with van der Waals surface area (Å²) in [6.45, 7) is 3.20. The van der Waals surface area contributed by atoms with Gasteiger partial charge in [-0.2, -0.15) is 0 Å². The largest absolute Gasteiger partial charge is 0.468 e. The van der Waals surface area contributed by atoms with Gasteiger partial charge in [0.2, 0.25) is 10.0 Å². The molecule has 6 heteroatoms. The third-order valence-electron chi connectivity index (χ3n) is 1.38. The number of hydrogen-bond donors (Lipinski definition) is 1. The second-order valence-corrected chi connectivity index (χ2v) is 4.56. The summed E-state index contributed by atoms with van der Waals surface area (Å²) >= 11 is 0. The smallest absolute Gasteiger partial charge is 0.323 e. The van der Waals surface area contributed by atoms with Gasteiger partial charge in [-0.25, -0.2) is 13.1 Å². The summed E-state index contributed by atoms with van der Waals surface area (Å²) in [6, 6.07) is -0.818. The lowest BCUT2D eigenvalue weighted by atomic mass is 10.4. The highest BCUT2D eigenvalue weighted by Crippen LogP contribution is 1.93. The average Bonchev–Trinajstić information content (AvgIpc) is 2.01. The molecular weight excluding hydrogens is 194 g/mol. The van der Waals surface area contributed by atoms with Crippen LogP contribution in [0.4, 0.5) is 0 Å². The molecule has 0 bridgehead atoms. The fourth-order valence-corrected chi connectivity index (χ4v) is 2.11. The number of carbonyl (C=O) groups is 1. The molecule has 0 amide bonds. The van der Waals surface area contributed by atoms with Gasteiger partial charge >= 0.3 is 5.97 Å². The summed E-state index contributed by atoms with van der Waals surface area (Å²) in [7, 11) is -2.12. The van der Waals surface area contributed by atoms with E-state index in [9.17, 15) is 13.2 Å². The minimum Gasteiger partial charge on any atom is -0.468 e. The van der Waals surface area contributed by atoms with Crippen molar-refractivity contribution in [3.8, 4) is 0 Å². The molecule has 0 aliphatic carbocycles. The molecule has 78 valence electrons. The molecule has 0 spiro atoms. The number of methoxy groups -OCH3 is 1. The topological polar surface area (TPSA) is 72.5 Å². The molecule has 0 saturated carbocycles. The Bertz CT molecular complexity index is 260. The highest BCUT2D eigenvalue weighted by Gasteiger charge is 2.19. The van der Waals surface area contributed by atoms with Crippen molar-refractivity contribution in [2.45, 2.75) is 26.3 Å². The summed E-state index contributed by atoms with van der Waals surface area (Å²) in [6.07, 6.45) is 0.517. The summed E-state index contributed by atoms with van der Waals surface area (Å²) in [4.78, 5) is 10.8. The summed E-state index contributed by atoms with van der Waals surface area (Å²) in [5.41, 5.74) is 0. The first kappa shape index (κ1) is 12.4. The van der Waals surface area contributed by atoms with Crippen molar-refractivity contribution in [3.05, 3.63) is 0 Å². The number of esters is 1. The van der Waals surface area contributed by atoms with Gasteiger partial charge < -0.3 is 4.74 Å².